The van der Waals surface area contributed by atoms with Crippen LogP contribution in [0.3, 0.4) is 0 Å². The number of ether oxygens (including phenoxy) is 2. The third kappa shape index (κ3) is 4.57. The van der Waals surface area contributed by atoms with Crippen LogP contribution in [0.25, 0.3) is 0 Å². The van der Waals surface area contributed by atoms with Crippen LogP contribution in [-0.2, 0) is 22.5 Å². The molecule has 0 atom stereocenters. The van der Waals surface area contributed by atoms with E-state index in [1.165, 1.54) is 0 Å². The lowest BCUT2D eigenvalue weighted by atomic mass is 10.1. The van der Waals surface area contributed by atoms with Gasteiger partial charge < -0.3 is 20.9 Å². The fourth-order valence-corrected chi connectivity index (χ4v) is 1.49. The Hall–Kier alpha value is -2.03. The van der Waals surface area contributed by atoms with Crippen molar-refractivity contribution >= 4 is 11.8 Å². The maximum absolute atomic E-state index is 12.2. The lowest BCUT2D eigenvalue weighted by Gasteiger charge is -2.14. The molecule has 0 aromatic carbocycles. The molecule has 1 aromatic heterocycles. The molecule has 0 saturated carbocycles. The first kappa shape index (κ1) is 16.0. The fourth-order valence-electron chi connectivity index (χ4n) is 1.49. The van der Waals surface area contributed by atoms with Crippen molar-refractivity contribution in [2.75, 3.05) is 12.3 Å². The summed E-state index contributed by atoms with van der Waals surface area (Å²) in [5, 5.41) is 0. The molecule has 0 amide bonds. The van der Waals surface area contributed by atoms with Crippen LogP contribution in [0, 0.1) is 0 Å². The molecular formula is C11H14F3N3O3. The highest BCUT2D eigenvalue weighted by molar-refractivity contribution is 5.73. The summed E-state index contributed by atoms with van der Waals surface area (Å²) in [5.41, 5.74) is 11.2. The molecule has 0 unspecified atom stereocenters. The van der Waals surface area contributed by atoms with Gasteiger partial charge in [-0.3, -0.25) is 4.79 Å². The zero-order valence-corrected chi connectivity index (χ0v) is 10.7. The Labute approximate surface area is 112 Å². The number of nitrogens with two attached hydrogens (primary N) is 2. The molecule has 1 aromatic rings. The van der Waals surface area contributed by atoms with Crippen LogP contribution in [0.2, 0.25) is 0 Å². The van der Waals surface area contributed by atoms with Gasteiger partial charge in [0.1, 0.15) is 0 Å². The van der Waals surface area contributed by atoms with Crippen molar-refractivity contribution in [2.24, 2.45) is 5.73 Å². The van der Waals surface area contributed by atoms with E-state index in [1.54, 1.807) is 6.92 Å². The predicted molar refractivity (Wildman–Crippen MR) is 63.6 cm³/mol. The number of nitrogens with zero attached hydrogens (tertiary/aromatic N) is 1. The maximum atomic E-state index is 12.2. The van der Waals surface area contributed by atoms with E-state index in [1.807, 2.05) is 0 Å². The number of pyridine rings is 1. The maximum Gasteiger partial charge on any atom is 0.573 e. The highest BCUT2D eigenvalue weighted by Gasteiger charge is 2.32. The van der Waals surface area contributed by atoms with Gasteiger partial charge >= 0.3 is 12.3 Å². The lowest BCUT2D eigenvalue weighted by Crippen LogP contribution is -2.20. The minimum atomic E-state index is -4.90. The van der Waals surface area contributed by atoms with Crippen molar-refractivity contribution in [3.8, 4) is 5.75 Å². The second kappa shape index (κ2) is 6.42. The van der Waals surface area contributed by atoms with Crippen LogP contribution >= 0.6 is 0 Å². The molecule has 4 N–H and O–H groups in total. The number of nitrogen functional groups attached to an aromatic ring is 1. The highest BCUT2D eigenvalue weighted by atomic mass is 19.4. The Kier molecular flexibility index (Phi) is 5.14. The van der Waals surface area contributed by atoms with Gasteiger partial charge in [-0.1, -0.05) is 0 Å². The average Bonchev–Trinajstić information content (AvgIpc) is 2.31. The number of hydrogen-bond donors (Lipinski definition) is 2. The van der Waals surface area contributed by atoms with Crippen molar-refractivity contribution in [2.45, 2.75) is 26.3 Å². The number of carbonyl (C=O) groups excluding carboxylic acids is 1. The fraction of sp³-hybridized carbons (Fsp3) is 0.455. The lowest BCUT2D eigenvalue weighted by molar-refractivity contribution is -0.274. The van der Waals surface area contributed by atoms with E-state index in [9.17, 15) is 18.0 Å². The Morgan fingerprint density at radius 2 is 2.10 bits per heavy atom. The molecule has 6 nitrogen and oxygen atoms in total. The molecule has 0 saturated heterocycles. The zero-order chi connectivity index (χ0) is 15.3. The molecule has 0 aliphatic heterocycles. The van der Waals surface area contributed by atoms with E-state index in [0.717, 1.165) is 6.07 Å². The summed E-state index contributed by atoms with van der Waals surface area (Å²) in [7, 11) is 0. The summed E-state index contributed by atoms with van der Waals surface area (Å²) < 4.78 is 45.0. The quantitative estimate of drug-likeness (QED) is 0.789. The topological polar surface area (TPSA) is 100 Å². The standard InChI is InChI=1S/C11H14F3N3O3/c1-2-19-9(18)4-6-3-8(20-11(12,13)14)10(16)17-7(6)5-15/h3H,2,4-5,15H2,1H3,(H2,16,17). The molecule has 0 fully saturated rings. The van der Waals surface area contributed by atoms with Crippen LogP contribution in [0.1, 0.15) is 18.2 Å². The molecule has 0 aliphatic carbocycles. The number of rotatable bonds is 5. The Bertz CT molecular complexity index is 492. The number of anilines is 1. The molecule has 9 heteroatoms. The second-order valence-corrected chi connectivity index (χ2v) is 3.71. The number of halogens is 3. The molecule has 1 rings (SSSR count). The number of alkyl halides is 3. The first-order valence-corrected chi connectivity index (χ1v) is 5.66. The summed E-state index contributed by atoms with van der Waals surface area (Å²) >= 11 is 0. The monoisotopic (exact) mass is 293 g/mol. The van der Waals surface area contributed by atoms with Crippen molar-refractivity contribution in [3.05, 3.63) is 17.3 Å². The van der Waals surface area contributed by atoms with Crippen molar-refractivity contribution in [3.63, 3.8) is 0 Å². The molecule has 20 heavy (non-hydrogen) atoms. The van der Waals surface area contributed by atoms with E-state index >= 15 is 0 Å². The van der Waals surface area contributed by atoms with Gasteiger partial charge in [-0.15, -0.1) is 13.2 Å². The van der Waals surface area contributed by atoms with Crippen LogP contribution < -0.4 is 16.2 Å². The number of hydrogen-bond acceptors (Lipinski definition) is 6. The van der Waals surface area contributed by atoms with Gasteiger partial charge in [0.05, 0.1) is 18.7 Å². The van der Waals surface area contributed by atoms with Crippen molar-refractivity contribution < 1.29 is 27.4 Å². The third-order valence-corrected chi connectivity index (χ3v) is 2.24. The van der Waals surface area contributed by atoms with Gasteiger partial charge in [-0.05, 0) is 18.6 Å². The van der Waals surface area contributed by atoms with E-state index in [-0.39, 0.29) is 30.8 Å². The van der Waals surface area contributed by atoms with Gasteiger partial charge in [0.25, 0.3) is 0 Å². The molecule has 0 spiro atoms. The van der Waals surface area contributed by atoms with Crippen molar-refractivity contribution in [1.82, 2.24) is 4.98 Å². The Morgan fingerprint density at radius 3 is 2.60 bits per heavy atom. The average molecular weight is 293 g/mol. The van der Waals surface area contributed by atoms with Crippen LogP contribution in [0.15, 0.2) is 6.07 Å². The summed E-state index contributed by atoms with van der Waals surface area (Å²) in [5.74, 6) is -1.73. The van der Waals surface area contributed by atoms with Crippen LogP contribution in [0.5, 0.6) is 5.75 Å². The van der Waals surface area contributed by atoms with E-state index in [4.69, 9.17) is 16.2 Å². The zero-order valence-electron chi connectivity index (χ0n) is 10.7. The Balaban J connectivity index is 3.08. The van der Waals surface area contributed by atoms with Crippen molar-refractivity contribution in [1.29, 1.82) is 0 Å². The molecular weight excluding hydrogens is 279 g/mol. The summed E-state index contributed by atoms with van der Waals surface area (Å²) in [6, 6.07) is 0.995. The summed E-state index contributed by atoms with van der Waals surface area (Å²) in [6.45, 7) is 1.69. The first-order valence-electron chi connectivity index (χ1n) is 5.66. The number of carbonyl (C=O) groups is 1. The smallest absolute Gasteiger partial charge is 0.466 e. The largest absolute Gasteiger partial charge is 0.573 e. The number of aromatic nitrogens is 1. The molecule has 1 heterocycles. The van der Waals surface area contributed by atoms with Crippen LogP contribution in [-0.4, -0.2) is 23.9 Å². The third-order valence-electron chi connectivity index (χ3n) is 2.24. The summed E-state index contributed by atoms with van der Waals surface area (Å²) in [4.78, 5) is 15.1. The first-order chi connectivity index (χ1) is 9.26. The minimum Gasteiger partial charge on any atom is -0.466 e. The van der Waals surface area contributed by atoms with Gasteiger partial charge in [-0.25, -0.2) is 4.98 Å². The van der Waals surface area contributed by atoms with Crippen LogP contribution in [0.4, 0.5) is 19.0 Å². The number of esters is 1. The van der Waals surface area contributed by atoms with Gasteiger partial charge in [0, 0.05) is 6.54 Å². The highest BCUT2D eigenvalue weighted by Crippen LogP contribution is 2.29. The minimum absolute atomic E-state index is 0.0781. The van der Waals surface area contributed by atoms with Gasteiger partial charge in [0.15, 0.2) is 11.6 Å². The Morgan fingerprint density at radius 1 is 1.45 bits per heavy atom. The van der Waals surface area contributed by atoms with E-state index < -0.39 is 23.9 Å². The normalized spacial score (nSPS) is 11.2. The SMILES string of the molecule is CCOC(=O)Cc1cc(OC(F)(F)F)c(N)nc1CN. The van der Waals surface area contributed by atoms with E-state index in [0.29, 0.717) is 0 Å². The van der Waals surface area contributed by atoms with Gasteiger partial charge in [0.2, 0.25) is 0 Å². The predicted octanol–water partition coefficient (Wildman–Crippen LogP) is 1.13. The molecule has 0 radical (unpaired) electrons. The van der Waals surface area contributed by atoms with E-state index in [2.05, 4.69) is 9.72 Å². The van der Waals surface area contributed by atoms with Gasteiger partial charge in [-0.2, -0.15) is 0 Å². The second-order valence-electron chi connectivity index (χ2n) is 3.71. The summed E-state index contributed by atoms with van der Waals surface area (Å²) in [6.07, 6.45) is -5.16. The molecule has 0 aliphatic rings. The molecule has 112 valence electrons. The molecule has 0 bridgehead atoms.